The Bertz CT molecular complexity index is 1060. The lowest BCUT2D eigenvalue weighted by molar-refractivity contribution is 0.0696. The van der Waals surface area contributed by atoms with Gasteiger partial charge in [-0.25, -0.2) is 4.79 Å². The minimum absolute atomic E-state index is 0.344. The fraction of sp³-hybridized carbons (Fsp3) is 0.276. The lowest BCUT2D eigenvalue weighted by Crippen LogP contribution is -2.01. The Hall–Kier alpha value is -2.84. The number of carboxylic acid groups (broad SMARTS) is 1. The van der Waals surface area contributed by atoms with Crippen LogP contribution in [0, 0.1) is 6.92 Å². The van der Waals surface area contributed by atoms with Gasteiger partial charge in [0.05, 0.1) is 5.56 Å². The van der Waals surface area contributed by atoms with E-state index < -0.39 is 5.97 Å². The SMILES string of the molecule is CC.CC.Cc1ccc(C2=C(c3ccc(Cl)cc3)CCCc3cc(C(=O)O)ccc32)cc1. The predicted molar refractivity (Wildman–Crippen MR) is 138 cm³/mol. The van der Waals surface area contributed by atoms with Gasteiger partial charge in [-0.1, -0.05) is 87.3 Å². The number of benzene rings is 3. The number of hydrogen-bond acceptors (Lipinski definition) is 1. The molecule has 0 amide bonds. The first-order valence-electron chi connectivity index (χ1n) is 11.5. The van der Waals surface area contributed by atoms with Crippen molar-refractivity contribution in [2.75, 3.05) is 0 Å². The van der Waals surface area contributed by atoms with Crippen molar-refractivity contribution in [2.24, 2.45) is 0 Å². The summed E-state index contributed by atoms with van der Waals surface area (Å²) in [5.74, 6) is -0.883. The zero-order chi connectivity index (χ0) is 23.7. The van der Waals surface area contributed by atoms with Gasteiger partial charge in [0.2, 0.25) is 0 Å². The molecule has 0 aliphatic heterocycles. The topological polar surface area (TPSA) is 37.3 Å². The van der Waals surface area contributed by atoms with Gasteiger partial charge in [-0.05, 0) is 83.9 Å². The molecule has 1 N–H and O–H groups in total. The molecule has 0 bridgehead atoms. The molecule has 0 saturated heterocycles. The molecule has 0 atom stereocenters. The van der Waals surface area contributed by atoms with E-state index in [9.17, 15) is 9.90 Å². The summed E-state index contributed by atoms with van der Waals surface area (Å²) in [6.45, 7) is 10.1. The fourth-order valence-electron chi connectivity index (χ4n) is 3.91. The van der Waals surface area contributed by atoms with Gasteiger partial charge < -0.3 is 5.11 Å². The van der Waals surface area contributed by atoms with Gasteiger partial charge in [0.1, 0.15) is 0 Å². The summed E-state index contributed by atoms with van der Waals surface area (Å²) in [6, 6.07) is 22.1. The van der Waals surface area contributed by atoms with Crippen LogP contribution in [0.2, 0.25) is 5.02 Å². The lowest BCUT2D eigenvalue weighted by atomic mass is 9.87. The van der Waals surface area contributed by atoms with Crippen LogP contribution < -0.4 is 0 Å². The Kier molecular flexibility index (Phi) is 9.74. The molecule has 32 heavy (non-hydrogen) atoms. The first-order chi connectivity index (χ1) is 15.5. The van der Waals surface area contributed by atoms with Gasteiger partial charge in [-0.2, -0.15) is 0 Å². The zero-order valence-electron chi connectivity index (χ0n) is 19.7. The number of halogens is 1. The van der Waals surface area contributed by atoms with E-state index in [1.165, 1.54) is 16.7 Å². The van der Waals surface area contributed by atoms with Crippen molar-refractivity contribution in [3.8, 4) is 0 Å². The predicted octanol–water partition coefficient (Wildman–Crippen LogP) is 8.69. The molecule has 0 heterocycles. The molecule has 3 aromatic carbocycles. The molecule has 0 fully saturated rings. The second-order valence-electron chi connectivity index (χ2n) is 7.26. The van der Waals surface area contributed by atoms with Crippen LogP contribution >= 0.6 is 11.6 Å². The highest BCUT2D eigenvalue weighted by atomic mass is 35.5. The van der Waals surface area contributed by atoms with Gasteiger partial charge in [-0.3, -0.25) is 0 Å². The molecular formula is C29H33ClO2. The standard InChI is InChI=1S/C25H21ClO2.2C2H6/c1-16-5-7-18(8-6-16)24-22(17-9-12-21(26)13-10-17)4-2-3-19-15-20(25(27)28)11-14-23(19)24;2*1-2/h5-15H,2-4H2,1H3,(H,27,28);2*1-2H3. The molecule has 0 saturated carbocycles. The third-order valence-electron chi connectivity index (χ3n) is 5.33. The van der Waals surface area contributed by atoms with E-state index in [-0.39, 0.29) is 0 Å². The summed E-state index contributed by atoms with van der Waals surface area (Å²) in [6.07, 6.45) is 2.77. The average molecular weight is 449 g/mol. The Morgan fingerprint density at radius 2 is 1.41 bits per heavy atom. The first-order valence-corrected chi connectivity index (χ1v) is 11.8. The highest BCUT2D eigenvalue weighted by molar-refractivity contribution is 6.30. The van der Waals surface area contributed by atoms with Crippen molar-refractivity contribution in [3.05, 3.63) is 105 Å². The van der Waals surface area contributed by atoms with E-state index in [1.807, 2.05) is 52.0 Å². The molecule has 0 aromatic heterocycles. The number of allylic oxidation sites excluding steroid dienone is 1. The summed E-state index contributed by atoms with van der Waals surface area (Å²) in [5.41, 5.74) is 8.56. The van der Waals surface area contributed by atoms with Crippen molar-refractivity contribution < 1.29 is 9.90 Å². The van der Waals surface area contributed by atoms with Crippen LogP contribution in [0.15, 0.2) is 66.7 Å². The monoisotopic (exact) mass is 448 g/mol. The van der Waals surface area contributed by atoms with E-state index in [0.29, 0.717) is 5.56 Å². The number of carbonyl (C=O) groups is 1. The van der Waals surface area contributed by atoms with Crippen molar-refractivity contribution in [1.82, 2.24) is 0 Å². The van der Waals surface area contributed by atoms with Crippen LogP contribution in [0.4, 0.5) is 0 Å². The lowest BCUT2D eigenvalue weighted by Gasteiger charge is -2.17. The molecular weight excluding hydrogens is 416 g/mol. The van der Waals surface area contributed by atoms with Gasteiger partial charge >= 0.3 is 5.97 Å². The number of fused-ring (bicyclic) bond motifs is 1. The van der Waals surface area contributed by atoms with Crippen molar-refractivity contribution >= 4 is 28.7 Å². The fourth-order valence-corrected chi connectivity index (χ4v) is 4.04. The second kappa shape index (κ2) is 12.3. The second-order valence-corrected chi connectivity index (χ2v) is 7.69. The zero-order valence-corrected chi connectivity index (χ0v) is 20.5. The van der Waals surface area contributed by atoms with Gasteiger partial charge in [0.15, 0.2) is 0 Å². The number of aryl methyl sites for hydroxylation is 2. The van der Waals surface area contributed by atoms with E-state index in [1.54, 1.807) is 6.07 Å². The third-order valence-corrected chi connectivity index (χ3v) is 5.58. The van der Waals surface area contributed by atoms with Crippen molar-refractivity contribution in [2.45, 2.75) is 53.9 Å². The number of aromatic carboxylic acids is 1. The average Bonchev–Trinajstić information content (AvgIpc) is 3.02. The molecule has 0 spiro atoms. The van der Waals surface area contributed by atoms with Crippen molar-refractivity contribution in [1.29, 1.82) is 0 Å². The Morgan fingerprint density at radius 1 is 0.812 bits per heavy atom. The quantitative estimate of drug-likeness (QED) is 0.435. The normalized spacial score (nSPS) is 12.4. The summed E-state index contributed by atoms with van der Waals surface area (Å²) in [7, 11) is 0. The molecule has 3 aromatic rings. The maximum absolute atomic E-state index is 11.5. The van der Waals surface area contributed by atoms with E-state index >= 15 is 0 Å². The molecule has 1 aliphatic rings. The minimum Gasteiger partial charge on any atom is -0.478 e. The molecule has 0 unspecified atom stereocenters. The van der Waals surface area contributed by atoms with E-state index in [0.717, 1.165) is 46.5 Å². The highest BCUT2D eigenvalue weighted by Crippen LogP contribution is 2.40. The maximum atomic E-state index is 11.5. The molecule has 1 aliphatic carbocycles. The minimum atomic E-state index is -0.883. The highest BCUT2D eigenvalue weighted by Gasteiger charge is 2.21. The number of carboxylic acids is 1. The molecule has 168 valence electrons. The summed E-state index contributed by atoms with van der Waals surface area (Å²) in [4.78, 5) is 11.5. The van der Waals surface area contributed by atoms with Crippen LogP contribution in [0.1, 0.15) is 78.7 Å². The number of rotatable bonds is 3. The molecule has 0 radical (unpaired) electrons. The molecule has 2 nitrogen and oxygen atoms in total. The van der Waals surface area contributed by atoms with Gasteiger partial charge in [0.25, 0.3) is 0 Å². The smallest absolute Gasteiger partial charge is 0.335 e. The Balaban J connectivity index is 0.000000860. The Morgan fingerprint density at radius 3 is 2.00 bits per heavy atom. The van der Waals surface area contributed by atoms with Gasteiger partial charge in [0, 0.05) is 5.02 Å². The summed E-state index contributed by atoms with van der Waals surface area (Å²) >= 11 is 6.11. The van der Waals surface area contributed by atoms with E-state index in [2.05, 4.69) is 43.3 Å². The summed E-state index contributed by atoms with van der Waals surface area (Å²) < 4.78 is 0. The maximum Gasteiger partial charge on any atom is 0.335 e. The van der Waals surface area contributed by atoms with Crippen molar-refractivity contribution in [3.63, 3.8) is 0 Å². The molecule has 4 rings (SSSR count). The van der Waals surface area contributed by atoms with Crippen LogP contribution in [0.5, 0.6) is 0 Å². The number of hydrogen-bond donors (Lipinski definition) is 1. The van der Waals surface area contributed by atoms with Crippen LogP contribution in [-0.2, 0) is 6.42 Å². The van der Waals surface area contributed by atoms with Crippen LogP contribution in [0.3, 0.4) is 0 Å². The Labute approximate surface area is 197 Å². The van der Waals surface area contributed by atoms with Gasteiger partial charge in [-0.15, -0.1) is 0 Å². The first kappa shape index (κ1) is 25.4. The summed E-state index contributed by atoms with van der Waals surface area (Å²) in [5, 5.41) is 10.1. The third kappa shape index (κ3) is 5.89. The van der Waals surface area contributed by atoms with Crippen LogP contribution in [0.25, 0.3) is 11.1 Å². The largest absolute Gasteiger partial charge is 0.478 e. The van der Waals surface area contributed by atoms with E-state index in [4.69, 9.17) is 11.6 Å². The van der Waals surface area contributed by atoms with Crippen LogP contribution in [-0.4, -0.2) is 11.1 Å². The molecule has 3 heteroatoms.